The molecule has 1 aromatic carbocycles. The summed E-state index contributed by atoms with van der Waals surface area (Å²) < 4.78 is 7.59. The lowest BCUT2D eigenvalue weighted by molar-refractivity contribution is 0.393. The molecule has 0 aliphatic rings. The van der Waals surface area contributed by atoms with Crippen LogP contribution in [-0.2, 0) is 0 Å². The predicted octanol–water partition coefficient (Wildman–Crippen LogP) is 5.85. The third-order valence-corrected chi connectivity index (χ3v) is 5.85. The van der Waals surface area contributed by atoms with E-state index >= 15 is 0 Å². The number of benzene rings is 1. The predicted molar refractivity (Wildman–Crippen MR) is 123 cm³/mol. The molecule has 6 nitrogen and oxygen atoms in total. The largest absolute Gasteiger partial charge is 0.361 e. The molecule has 5 aromatic rings. The minimum Gasteiger partial charge on any atom is -0.361 e. The lowest BCUT2D eigenvalue weighted by Crippen LogP contribution is -2.07. The minimum atomic E-state index is 0.00699. The maximum atomic E-state index is 9.15. The first-order valence-electron chi connectivity index (χ1n) is 10.4. The highest BCUT2D eigenvalue weighted by molar-refractivity contribution is 5.95. The molecule has 0 saturated heterocycles. The fourth-order valence-corrected chi connectivity index (χ4v) is 4.18. The number of nitriles is 1. The molecule has 0 fully saturated rings. The Labute approximate surface area is 185 Å². The summed E-state index contributed by atoms with van der Waals surface area (Å²) in [6.45, 7) is 5.98. The van der Waals surface area contributed by atoms with E-state index in [0.29, 0.717) is 5.56 Å². The minimum absolute atomic E-state index is 0.00699. The van der Waals surface area contributed by atoms with Gasteiger partial charge in [-0.2, -0.15) is 5.26 Å². The molecule has 32 heavy (non-hydrogen) atoms. The van der Waals surface area contributed by atoms with Crippen molar-refractivity contribution < 1.29 is 4.52 Å². The van der Waals surface area contributed by atoms with Gasteiger partial charge in [0.1, 0.15) is 5.76 Å². The molecule has 0 amide bonds. The lowest BCUT2D eigenvalue weighted by Gasteiger charge is -2.15. The Balaban J connectivity index is 1.74. The first kappa shape index (κ1) is 19.7. The van der Waals surface area contributed by atoms with Crippen LogP contribution >= 0.6 is 0 Å². The molecular formula is C26H21N5O. The van der Waals surface area contributed by atoms with Crippen LogP contribution in [0.25, 0.3) is 33.3 Å². The Bertz CT molecular complexity index is 1440. The van der Waals surface area contributed by atoms with Gasteiger partial charge in [-0.3, -0.25) is 9.97 Å². The molecule has 4 aromatic heterocycles. The SMILES string of the molecule is Cc1noc(C)c1-c1cnc2c(-c3ccc(C#N)cc3)cn([C@@H](C)c3ccccn3)c2c1. The number of aromatic nitrogens is 4. The van der Waals surface area contributed by atoms with Crippen LogP contribution in [0.1, 0.15) is 35.7 Å². The number of fused-ring (bicyclic) bond motifs is 1. The normalized spacial score (nSPS) is 12.1. The summed E-state index contributed by atoms with van der Waals surface area (Å²) in [5.41, 5.74) is 8.30. The van der Waals surface area contributed by atoms with E-state index in [9.17, 15) is 0 Å². The molecule has 6 heteroatoms. The standard InChI is InChI=1S/C26H21N5O/c1-16-25(18(3)32-30-16)21-12-24-26(29-14-21)22(20-9-7-19(13-27)8-10-20)15-31(24)17(2)23-6-4-5-11-28-23/h4-12,14-15,17H,1-3H3/t17-/m0/s1. The molecular weight excluding hydrogens is 398 g/mol. The van der Waals surface area contributed by atoms with E-state index in [2.05, 4.69) is 40.0 Å². The third-order valence-electron chi connectivity index (χ3n) is 5.85. The van der Waals surface area contributed by atoms with Crippen molar-refractivity contribution in [3.8, 4) is 28.3 Å². The maximum absolute atomic E-state index is 9.15. The average molecular weight is 419 g/mol. The highest BCUT2D eigenvalue weighted by atomic mass is 16.5. The smallest absolute Gasteiger partial charge is 0.141 e. The zero-order chi connectivity index (χ0) is 22.2. The van der Waals surface area contributed by atoms with Gasteiger partial charge in [-0.05, 0) is 56.7 Å². The van der Waals surface area contributed by atoms with Crippen molar-refractivity contribution >= 4 is 11.0 Å². The Hall–Kier alpha value is -4.24. The van der Waals surface area contributed by atoms with E-state index in [0.717, 1.165) is 50.4 Å². The van der Waals surface area contributed by atoms with E-state index in [1.165, 1.54) is 0 Å². The lowest BCUT2D eigenvalue weighted by atomic mass is 10.0. The van der Waals surface area contributed by atoms with Gasteiger partial charge >= 0.3 is 0 Å². The van der Waals surface area contributed by atoms with Gasteiger partial charge in [0.2, 0.25) is 0 Å². The third kappa shape index (κ3) is 3.25. The highest BCUT2D eigenvalue weighted by Crippen LogP contribution is 2.36. The Morgan fingerprint density at radius 3 is 2.50 bits per heavy atom. The van der Waals surface area contributed by atoms with Crippen molar-refractivity contribution in [1.29, 1.82) is 5.26 Å². The van der Waals surface area contributed by atoms with Crippen LogP contribution < -0.4 is 0 Å². The van der Waals surface area contributed by atoms with Gasteiger partial charge in [-0.15, -0.1) is 0 Å². The molecule has 0 N–H and O–H groups in total. The average Bonchev–Trinajstić information content (AvgIpc) is 3.38. The molecule has 4 heterocycles. The Morgan fingerprint density at radius 2 is 1.84 bits per heavy atom. The molecule has 5 rings (SSSR count). The number of rotatable bonds is 4. The van der Waals surface area contributed by atoms with Crippen molar-refractivity contribution in [1.82, 2.24) is 19.7 Å². The second kappa shape index (κ2) is 7.78. The summed E-state index contributed by atoms with van der Waals surface area (Å²) in [5.74, 6) is 0.770. The molecule has 0 aliphatic heterocycles. The molecule has 0 radical (unpaired) electrons. The van der Waals surface area contributed by atoms with Crippen LogP contribution in [0, 0.1) is 25.2 Å². The van der Waals surface area contributed by atoms with Crippen molar-refractivity contribution in [3.63, 3.8) is 0 Å². The van der Waals surface area contributed by atoms with E-state index in [-0.39, 0.29) is 6.04 Å². The summed E-state index contributed by atoms with van der Waals surface area (Å²) in [6.07, 6.45) is 5.81. The fourth-order valence-electron chi connectivity index (χ4n) is 4.18. The van der Waals surface area contributed by atoms with Gasteiger partial charge in [0.05, 0.1) is 40.1 Å². The van der Waals surface area contributed by atoms with Gasteiger partial charge in [-0.1, -0.05) is 23.4 Å². The summed E-state index contributed by atoms with van der Waals surface area (Å²) in [4.78, 5) is 9.42. The van der Waals surface area contributed by atoms with Gasteiger partial charge < -0.3 is 9.09 Å². The first-order chi connectivity index (χ1) is 15.6. The van der Waals surface area contributed by atoms with E-state index in [4.69, 9.17) is 14.8 Å². The van der Waals surface area contributed by atoms with Crippen molar-refractivity contribution in [2.75, 3.05) is 0 Å². The fraction of sp³-hybridized carbons (Fsp3) is 0.154. The summed E-state index contributed by atoms with van der Waals surface area (Å²) in [5, 5.41) is 13.3. The van der Waals surface area contributed by atoms with Gasteiger partial charge in [0, 0.05) is 35.3 Å². The van der Waals surface area contributed by atoms with E-state index < -0.39 is 0 Å². The zero-order valence-electron chi connectivity index (χ0n) is 18.1. The molecule has 1 atom stereocenters. The Morgan fingerprint density at radius 1 is 1.03 bits per heavy atom. The quantitative estimate of drug-likeness (QED) is 0.365. The Kier molecular flexibility index (Phi) is 4.79. The van der Waals surface area contributed by atoms with E-state index in [1.54, 1.807) is 0 Å². The van der Waals surface area contributed by atoms with Crippen LogP contribution in [0.3, 0.4) is 0 Å². The zero-order valence-corrected chi connectivity index (χ0v) is 18.1. The summed E-state index contributed by atoms with van der Waals surface area (Å²) in [6, 6.07) is 17.9. The number of hydrogen-bond donors (Lipinski definition) is 0. The monoisotopic (exact) mass is 419 g/mol. The highest BCUT2D eigenvalue weighted by Gasteiger charge is 2.20. The van der Waals surface area contributed by atoms with Gasteiger partial charge in [0.25, 0.3) is 0 Å². The van der Waals surface area contributed by atoms with Gasteiger partial charge in [-0.25, -0.2) is 0 Å². The van der Waals surface area contributed by atoms with Crippen LogP contribution in [-0.4, -0.2) is 19.7 Å². The van der Waals surface area contributed by atoms with Crippen LogP contribution in [0.4, 0.5) is 0 Å². The number of aryl methyl sites for hydroxylation is 2. The second-order valence-electron chi connectivity index (χ2n) is 7.86. The van der Waals surface area contributed by atoms with Crippen molar-refractivity contribution in [3.05, 3.63) is 89.8 Å². The van der Waals surface area contributed by atoms with Crippen LogP contribution in [0.2, 0.25) is 0 Å². The van der Waals surface area contributed by atoms with Crippen LogP contribution in [0.15, 0.2) is 71.6 Å². The summed E-state index contributed by atoms with van der Waals surface area (Å²) in [7, 11) is 0. The number of hydrogen-bond acceptors (Lipinski definition) is 5. The first-order valence-corrected chi connectivity index (χ1v) is 10.4. The number of nitrogens with zero attached hydrogens (tertiary/aromatic N) is 5. The molecule has 0 spiro atoms. The molecule has 0 bridgehead atoms. The molecule has 0 aliphatic carbocycles. The number of pyridine rings is 2. The molecule has 0 unspecified atom stereocenters. The topological polar surface area (TPSA) is 80.5 Å². The second-order valence-corrected chi connectivity index (χ2v) is 7.86. The molecule has 0 saturated carbocycles. The van der Waals surface area contributed by atoms with Crippen molar-refractivity contribution in [2.24, 2.45) is 0 Å². The summed E-state index contributed by atoms with van der Waals surface area (Å²) >= 11 is 0. The van der Waals surface area contributed by atoms with Gasteiger partial charge in [0.15, 0.2) is 0 Å². The maximum Gasteiger partial charge on any atom is 0.141 e. The van der Waals surface area contributed by atoms with E-state index in [1.807, 2.05) is 68.7 Å². The van der Waals surface area contributed by atoms with Crippen molar-refractivity contribution in [2.45, 2.75) is 26.8 Å². The van der Waals surface area contributed by atoms with Crippen LogP contribution in [0.5, 0.6) is 0 Å². The molecule has 156 valence electrons.